The molecule has 1 aliphatic rings. The molecular formula is C11H14BrNO3S. The number of nitrogens with one attached hydrogen (secondary N) is 1. The van der Waals surface area contributed by atoms with E-state index >= 15 is 0 Å². The van der Waals surface area contributed by atoms with Gasteiger partial charge in [-0.2, -0.15) is 0 Å². The average Bonchev–Trinajstić information content (AvgIpc) is 2.23. The molecule has 1 fully saturated rings. The van der Waals surface area contributed by atoms with Crippen molar-refractivity contribution in [3.05, 3.63) is 28.2 Å². The van der Waals surface area contributed by atoms with Crippen molar-refractivity contribution in [3.63, 3.8) is 0 Å². The summed E-state index contributed by atoms with van der Waals surface area (Å²) in [6.45, 7) is -0.102. The third kappa shape index (κ3) is 2.88. The number of halogens is 1. The minimum atomic E-state index is -3.45. The first kappa shape index (κ1) is 13.0. The Morgan fingerprint density at radius 1 is 1.41 bits per heavy atom. The first-order valence-corrected chi connectivity index (χ1v) is 7.72. The van der Waals surface area contributed by atoms with Crippen molar-refractivity contribution in [3.8, 4) is 0 Å². The molecule has 0 aromatic heterocycles. The van der Waals surface area contributed by atoms with Crippen LogP contribution in [0.5, 0.6) is 0 Å². The zero-order valence-electron chi connectivity index (χ0n) is 9.19. The van der Waals surface area contributed by atoms with E-state index in [0.29, 0.717) is 10.0 Å². The van der Waals surface area contributed by atoms with Crippen LogP contribution in [-0.4, -0.2) is 19.6 Å². The maximum absolute atomic E-state index is 12.1. The highest BCUT2D eigenvalue weighted by molar-refractivity contribution is 9.10. The van der Waals surface area contributed by atoms with Crippen molar-refractivity contribution in [2.45, 2.75) is 36.8 Å². The molecular weight excluding hydrogens is 306 g/mol. The second-order valence-electron chi connectivity index (χ2n) is 4.17. The van der Waals surface area contributed by atoms with Gasteiger partial charge in [0.05, 0.1) is 11.5 Å². The summed E-state index contributed by atoms with van der Waals surface area (Å²) in [6.07, 6.45) is 2.90. The van der Waals surface area contributed by atoms with Crippen molar-refractivity contribution in [1.82, 2.24) is 4.72 Å². The Morgan fingerprint density at radius 3 is 2.59 bits per heavy atom. The zero-order chi connectivity index (χ0) is 12.5. The summed E-state index contributed by atoms with van der Waals surface area (Å²) < 4.78 is 27.3. The minimum absolute atomic E-state index is 0.0735. The van der Waals surface area contributed by atoms with Crippen molar-refractivity contribution in [1.29, 1.82) is 0 Å². The zero-order valence-corrected chi connectivity index (χ0v) is 11.6. The predicted molar refractivity (Wildman–Crippen MR) is 68.0 cm³/mol. The number of sulfonamides is 1. The van der Waals surface area contributed by atoms with Crippen LogP contribution in [0.3, 0.4) is 0 Å². The van der Waals surface area contributed by atoms with E-state index in [0.717, 1.165) is 19.3 Å². The molecule has 0 bridgehead atoms. The molecule has 0 spiro atoms. The van der Waals surface area contributed by atoms with Crippen molar-refractivity contribution >= 4 is 26.0 Å². The normalized spacial score (nSPS) is 16.8. The van der Waals surface area contributed by atoms with Gasteiger partial charge in [0, 0.05) is 10.5 Å². The number of hydrogen-bond donors (Lipinski definition) is 2. The van der Waals surface area contributed by atoms with Crippen LogP contribution < -0.4 is 4.72 Å². The maximum Gasteiger partial charge on any atom is 0.241 e. The number of rotatable bonds is 4. The lowest BCUT2D eigenvalue weighted by molar-refractivity contribution is 0.281. The first-order valence-electron chi connectivity index (χ1n) is 5.44. The summed E-state index contributed by atoms with van der Waals surface area (Å²) in [5.74, 6) is 0. The van der Waals surface area contributed by atoms with E-state index < -0.39 is 10.0 Å². The Morgan fingerprint density at radius 2 is 2.12 bits per heavy atom. The number of aliphatic hydroxyl groups is 1. The van der Waals surface area contributed by atoms with Gasteiger partial charge < -0.3 is 5.11 Å². The first-order chi connectivity index (χ1) is 8.03. The van der Waals surface area contributed by atoms with Crippen molar-refractivity contribution in [2.75, 3.05) is 0 Å². The summed E-state index contributed by atoms with van der Waals surface area (Å²) in [4.78, 5) is 0.224. The van der Waals surface area contributed by atoms with E-state index in [1.54, 1.807) is 12.1 Å². The maximum atomic E-state index is 12.1. The number of benzene rings is 1. The van der Waals surface area contributed by atoms with Gasteiger partial charge in [0.1, 0.15) is 0 Å². The van der Waals surface area contributed by atoms with Crippen LogP contribution in [0.25, 0.3) is 0 Å². The predicted octanol–water partition coefficient (Wildman–Crippen LogP) is 1.77. The third-order valence-corrected chi connectivity index (χ3v) is 5.39. The summed E-state index contributed by atoms with van der Waals surface area (Å²) in [5, 5.41) is 8.96. The Kier molecular flexibility index (Phi) is 3.87. The Labute approximate surface area is 109 Å². The quantitative estimate of drug-likeness (QED) is 0.888. The Balaban J connectivity index is 2.25. The fraction of sp³-hybridized carbons (Fsp3) is 0.455. The molecule has 94 valence electrons. The van der Waals surface area contributed by atoms with Crippen LogP contribution in [0.1, 0.15) is 24.8 Å². The molecule has 17 heavy (non-hydrogen) atoms. The molecule has 1 aliphatic carbocycles. The summed E-state index contributed by atoms with van der Waals surface area (Å²) in [5.41, 5.74) is 0.680. The highest BCUT2D eigenvalue weighted by Crippen LogP contribution is 2.26. The van der Waals surface area contributed by atoms with Gasteiger partial charge in [-0.15, -0.1) is 0 Å². The Hall–Kier alpha value is -0.430. The highest BCUT2D eigenvalue weighted by atomic mass is 79.9. The Bertz CT molecular complexity index is 511. The number of aliphatic hydroxyl groups excluding tert-OH is 1. The molecule has 2 rings (SSSR count). The van der Waals surface area contributed by atoms with E-state index in [9.17, 15) is 8.42 Å². The van der Waals surface area contributed by atoms with E-state index in [2.05, 4.69) is 20.7 Å². The highest BCUT2D eigenvalue weighted by Gasteiger charge is 2.25. The molecule has 0 atom stereocenters. The average molecular weight is 320 g/mol. The third-order valence-electron chi connectivity index (χ3n) is 2.90. The molecule has 0 saturated heterocycles. The monoisotopic (exact) mass is 319 g/mol. The van der Waals surface area contributed by atoms with E-state index in [-0.39, 0.29) is 17.5 Å². The molecule has 0 unspecified atom stereocenters. The van der Waals surface area contributed by atoms with Gasteiger partial charge >= 0.3 is 0 Å². The molecule has 1 aromatic carbocycles. The van der Waals surface area contributed by atoms with E-state index in [1.165, 1.54) is 6.07 Å². The van der Waals surface area contributed by atoms with E-state index in [4.69, 9.17) is 5.11 Å². The largest absolute Gasteiger partial charge is 0.392 e. The van der Waals surface area contributed by atoms with Gasteiger partial charge in [-0.1, -0.05) is 12.5 Å². The van der Waals surface area contributed by atoms with Gasteiger partial charge in [-0.05, 0) is 46.5 Å². The molecule has 0 amide bonds. The summed E-state index contributed by atoms with van der Waals surface area (Å²) >= 11 is 3.22. The van der Waals surface area contributed by atoms with Crippen LogP contribution in [0.15, 0.2) is 27.6 Å². The molecule has 6 heteroatoms. The summed E-state index contributed by atoms with van der Waals surface area (Å²) in [6, 6.07) is 4.82. The van der Waals surface area contributed by atoms with E-state index in [1.807, 2.05) is 0 Å². The van der Waals surface area contributed by atoms with Gasteiger partial charge in [-0.25, -0.2) is 13.1 Å². The molecule has 0 aliphatic heterocycles. The minimum Gasteiger partial charge on any atom is -0.392 e. The topological polar surface area (TPSA) is 66.4 Å². The van der Waals surface area contributed by atoms with Gasteiger partial charge in [-0.3, -0.25) is 0 Å². The molecule has 1 aromatic rings. The number of hydrogen-bond acceptors (Lipinski definition) is 3. The van der Waals surface area contributed by atoms with Crippen LogP contribution in [-0.2, 0) is 16.6 Å². The lowest BCUT2D eigenvalue weighted by Gasteiger charge is -2.26. The van der Waals surface area contributed by atoms with Crippen LogP contribution >= 0.6 is 15.9 Å². The fourth-order valence-corrected chi connectivity index (χ4v) is 4.10. The molecule has 4 nitrogen and oxygen atoms in total. The van der Waals surface area contributed by atoms with Gasteiger partial charge in [0.15, 0.2) is 0 Å². The lowest BCUT2D eigenvalue weighted by atomic mass is 9.94. The van der Waals surface area contributed by atoms with Crippen LogP contribution in [0.2, 0.25) is 0 Å². The molecule has 2 N–H and O–H groups in total. The second-order valence-corrected chi connectivity index (χ2v) is 6.71. The molecule has 0 heterocycles. The van der Waals surface area contributed by atoms with Crippen LogP contribution in [0.4, 0.5) is 0 Å². The second kappa shape index (κ2) is 5.06. The van der Waals surface area contributed by atoms with Crippen molar-refractivity contribution < 1.29 is 13.5 Å². The van der Waals surface area contributed by atoms with Gasteiger partial charge in [0.2, 0.25) is 10.0 Å². The van der Waals surface area contributed by atoms with Gasteiger partial charge in [0.25, 0.3) is 0 Å². The van der Waals surface area contributed by atoms with Crippen LogP contribution in [0, 0.1) is 0 Å². The standard InChI is InChI=1S/C11H14BrNO3S/c12-10-6-8(7-14)4-5-11(10)17(15,16)13-9-2-1-3-9/h4-6,9,13-14H,1-3,7H2. The fourth-order valence-electron chi connectivity index (χ4n) is 1.67. The summed E-state index contributed by atoms with van der Waals surface area (Å²) in [7, 11) is -3.45. The SMILES string of the molecule is O=S(=O)(NC1CCC1)c1ccc(CO)cc1Br. The molecule has 1 saturated carbocycles. The molecule has 0 radical (unpaired) electrons. The lowest BCUT2D eigenvalue weighted by Crippen LogP contribution is -2.39. The van der Waals surface area contributed by atoms with Crippen molar-refractivity contribution in [2.24, 2.45) is 0 Å². The smallest absolute Gasteiger partial charge is 0.241 e.